The smallest absolute Gasteiger partial charge is 0.249 e. The largest absolute Gasteiger partial charge is 0.496 e. The molecule has 0 aromatic heterocycles. The van der Waals surface area contributed by atoms with Gasteiger partial charge in [0.05, 0.1) is 7.11 Å². The van der Waals surface area contributed by atoms with Gasteiger partial charge in [-0.1, -0.05) is 29.8 Å². The highest BCUT2D eigenvalue weighted by Gasteiger charge is 2.13. The maximum Gasteiger partial charge on any atom is 0.249 e. The van der Waals surface area contributed by atoms with Crippen LogP contribution in [0.1, 0.15) is 15.9 Å². The highest BCUT2D eigenvalue weighted by molar-refractivity contribution is 6.00. The minimum absolute atomic E-state index is 0.436. The van der Waals surface area contributed by atoms with Crippen molar-refractivity contribution in [1.29, 1.82) is 0 Å². The molecule has 2 aromatic carbocycles. The molecular formula is C15H15NO2. The second-order valence-electron chi connectivity index (χ2n) is 4.11. The molecule has 0 radical (unpaired) electrons. The van der Waals surface area contributed by atoms with E-state index in [0.29, 0.717) is 5.56 Å². The number of hydrogen-bond acceptors (Lipinski definition) is 2. The number of amides is 1. The molecule has 0 fully saturated rings. The molecule has 2 rings (SSSR count). The lowest BCUT2D eigenvalue weighted by Crippen LogP contribution is -2.12. The van der Waals surface area contributed by atoms with Crippen LogP contribution in [0.4, 0.5) is 0 Å². The fourth-order valence-corrected chi connectivity index (χ4v) is 1.97. The fourth-order valence-electron chi connectivity index (χ4n) is 1.97. The molecule has 92 valence electrons. The van der Waals surface area contributed by atoms with Crippen LogP contribution in [0, 0.1) is 6.92 Å². The van der Waals surface area contributed by atoms with E-state index in [1.807, 2.05) is 37.3 Å². The Labute approximate surface area is 106 Å². The fraction of sp³-hybridized carbons (Fsp3) is 0.133. The number of nitrogens with two attached hydrogens (primary N) is 1. The number of ether oxygens (including phenoxy) is 1. The van der Waals surface area contributed by atoms with E-state index in [-0.39, 0.29) is 0 Å². The van der Waals surface area contributed by atoms with E-state index in [4.69, 9.17) is 10.5 Å². The standard InChI is InChI=1S/C15H15NO2/c1-10-7-8-14(18-2)13(9-10)11-5-3-4-6-12(11)15(16)17/h3-9H,1-2H3,(H2,16,17). The number of primary amides is 1. The third-order valence-electron chi connectivity index (χ3n) is 2.84. The third-order valence-corrected chi connectivity index (χ3v) is 2.84. The Morgan fingerprint density at radius 3 is 2.50 bits per heavy atom. The molecule has 18 heavy (non-hydrogen) atoms. The minimum atomic E-state index is -0.436. The van der Waals surface area contributed by atoms with Gasteiger partial charge < -0.3 is 10.5 Å². The molecule has 0 heterocycles. The highest BCUT2D eigenvalue weighted by Crippen LogP contribution is 2.32. The van der Waals surface area contributed by atoms with Crippen LogP contribution in [0.25, 0.3) is 11.1 Å². The van der Waals surface area contributed by atoms with Crippen molar-refractivity contribution in [2.75, 3.05) is 7.11 Å². The molecule has 0 bridgehead atoms. The first-order valence-electron chi connectivity index (χ1n) is 5.67. The van der Waals surface area contributed by atoms with Gasteiger partial charge in [0.2, 0.25) is 5.91 Å². The number of benzene rings is 2. The van der Waals surface area contributed by atoms with Crippen molar-refractivity contribution in [2.45, 2.75) is 6.92 Å². The second-order valence-corrected chi connectivity index (χ2v) is 4.11. The molecule has 3 heteroatoms. The van der Waals surface area contributed by atoms with Crippen molar-refractivity contribution in [3.63, 3.8) is 0 Å². The Morgan fingerprint density at radius 2 is 1.83 bits per heavy atom. The molecule has 0 aliphatic rings. The van der Waals surface area contributed by atoms with Crippen molar-refractivity contribution in [2.24, 2.45) is 5.73 Å². The zero-order valence-corrected chi connectivity index (χ0v) is 10.4. The Balaban J connectivity index is 2.68. The lowest BCUT2D eigenvalue weighted by Gasteiger charge is -2.12. The monoisotopic (exact) mass is 241 g/mol. The lowest BCUT2D eigenvalue weighted by atomic mass is 9.97. The van der Waals surface area contributed by atoms with Gasteiger partial charge in [-0.15, -0.1) is 0 Å². The number of hydrogen-bond donors (Lipinski definition) is 1. The molecule has 2 aromatic rings. The summed E-state index contributed by atoms with van der Waals surface area (Å²) in [7, 11) is 1.61. The Morgan fingerprint density at radius 1 is 1.11 bits per heavy atom. The summed E-state index contributed by atoms with van der Waals surface area (Å²) in [6.07, 6.45) is 0. The van der Waals surface area contributed by atoms with Gasteiger partial charge in [0.15, 0.2) is 0 Å². The summed E-state index contributed by atoms with van der Waals surface area (Å²) in [6, 6.07) is 13.1. The lowest BCUT2D eigenvalue weighted by molar-refractivity contribution is 0.100. The van der Waals surface area contributed by atoms with Crippen LogP contribution in [0.3, 0.4) is 0 Å². The van der Waals surface area contributed by atoms with Gasteiger partial charge >= 0.3 is 0 Å². The van der Waals surface area contributed by atoms with Crippen LogP contribution >= 0.6 is 0 Å². The molecule has 2 N–H and O–H groups in total. The molecule has 0 aliphatic carbocycles. The van der Waals surface area contributed by atoms with Crippen molar-refractivity contribution >= 4 is 5.91 Å². The predicted molar refractivity (Wildman–Crippen MR) is 71.7 cm³/mol. The summed E-state index contributed by atoms with van der Waals surface area (Å²) in [5, 5.41) is 0. The number of aryl methyl sites for hydroxylation is 1. The maximum atomic E-state index is 11.5. The van der Waals surface area contributed by atoms with E-state index in [1.54, 1.807) is 19.2 Å². The van der Waals surface area contributed by atoms with E-state index in [9.17, 15) is 4.79 Å². The molecule has 3 nitrogen and oxygen atoms in total. The highest BCUT2D eigenvalue weighted by atomic mass is 16.5. The summed E-state index contributed by atoms with van der Waals surface area (Å²) in [4.78, 5) is 11.5. The first-order chi connectivity index (χ1) is 8.63. The van der Waals surface area contributed by atoms with Gasteiger partial charge in [-0.2, -0.15) is 0 Å². The molecular weight excluding hydrogens is 226 g/mol. The first-order valence-corrected chi connectivity index (χ1v) is 5.67. The van der Waals surface area contributed by atoms with Gasteiger partial charge in [-0.05, 0) is 30.7 Å². The van der Waals surface area contributed by atoms with E-state index >= 15 is 0 Å². The van der Waals surface area contributed by atoms with Crippen molar-refractivity contribution in [1.82, 2.24) is 0 Å². The van der Waals surface area contributed by atoms with Gasteiger partial charge in [0.25, 0.3) is 0 Å². The molecule has 0 atom stereocenters. The molecule has 0 spiro atoms. The van der Waals surface area contributed by atoms with Crippen LogP contribution in [0.15, 0.2) is 42.5 Å². The zero-order chi connectivity index (χ0) is 13.1. The van der Waals surface area contributed by atoms with Crippen LogP contribution < -0.4 is 10.5 Å². The molecule has 1 amide bonds. The molecule has 0 saturated carbocycles. The summed E-state index contributed by atoms with van der Waals surface area (Å²) < 4.78 is 5.34. The van der Waals surface area contributed by atoms with Gasteiger partial charge in [-0.3, -0.25) is 4.79 Å². The summed E-state index contributed by atoms with van der Waals surface area (Å²) in [5.74, 6) is 0.295. The summed E-state index contributed by atoms with van der Waals surface area (Å²) >= 11 is 0. The SMILES string of the molecule is COc1ccc(C)cc1-c1ccccc1C(N)=O. The number of carbonyl (C=O) groups excluding carboxylic acids is 1. The molecule has 0 saturated heterocycles. The normalized spacial score (nSPS) is 10.1. The quantitative estimate of drug-likeness (QED) is 0.898. The Hall–Kier alpha value is -2.29. The topological polar surface area (TPSA) is 52.3 Å². The van der Waals surface area contributed by atoms with Crippen molar-refractivity contribution in [3.8, 4) is 16.9 Å². The maximum absolute atomic E-state index is 11.5. The first kappa shape index (κ1) is 12.2. The molecule has 0 aliphatic heterocycles. The Bertz CT molecular complexity index is 591. The van der Waals surface area contributed by atoms with Gasteiger partial charge in [-0.25, -0.2) is 0 Å². The van der Waals surface area contributed by atoms with Gasteiger partial charge in [0.1, 0.15) is 5.75 Å². The van der Waals surface area contributed by atoms with Crippen LogP contribution in [0.2, 0.25) is 0 Å². The summed E-state index contributed by atoms with van der Waals surface area (Å²) in [5.41, 5.74) is 8.68. The predicted octanol–water partition coefficient (Wildman–Crippen LogP) is 2.77. The van der Waals surface area contributed by atoms with Crippen LogP contribution in [0.5, 0.6) is 5.75 Å². The van der Waals surface area contributed by atoms with E-state index in [2.05, 4.69) is 0 Å². The van der Waals surface area contributed by atoms with Gasteiger partial charge in [0, 0.05) is 11.1 Å². The van der Waals surface area contributed by atoms with E-state index in [0.717, 1.165) is 22.4 Å². The Kier molecular flexibility index (Phi) is 3.33. The number of methoxy groups -OCH3 is 1. The average molecular weight is 241 g/mol. The zero-order valence-electron chi connectivity index (χ0n) is 10.4. The number of carbonyl (C=O) groups is 1. The van der Waals surface area contributed by atoms with Crippen LogP contribution in [-0.2, 0) is 0 Å². The summed E-state index contributed by atoms with van der Waals surface area (Å²) in [6.45, 7) is 2.00. The van der Waals surface area contributed by atoms with E-state index in [1.165, 1.54) is 0 Å². The third kappa shape index (κ3) is 2.20. The average Bonchev–Trinajstić information content (AvgIpc) is 2.38. The minimum Gasteiger partial charge on any atom is -0.496 e. The second kappa shape index (κ2) is 4.92. The van der Waals surface area contributed by atoms with E-state index < -0.39 is 5.91 Å². The van der Waals surface area contributed by atoms with Crippen LogP contribution in [-0.4, -0.2) is 13.0 Å². The molecule has 0 unspecified atom stereocenters. The van der Waals surface area contributed by atoms with Crippen molar-refractivity contribution < 1.29 is 9.53 Å². The van der Waals surface area contributed by atoms with Crippen molar-refractivity contribution in [3.05, 3.63) is 53.6 Å². The number of rotatable bonds is 3.